The number of amides is 2. The minimum atomic E-state index is -4.15. The molecule has 3 aromatic rings. The number of sulfonamides is 1. The van der Waals surface area contributed by atoms with Crippen LogP contribution in [0.5, 0.6) is 5.75 Å². The number of methoxy groups -OCH3 is 1. The zero-order chi connectivity index (χ0) is 27.2. The number of anilines is 1. The van der Waals surface area contributed by atoms with Crippen molar-refractivity contribution in [2.24, 2.45) is 0 Å². The molecule has 1 N–H and O–H groups in total. The molecule has 0 aromatic heterocycles. The highest BCUT2D eigenvalue weighted by molar-refractivity contribution is 7.92. The maximum Gasteiger partial charge on any atom is 0.264 e. The summed E-state index contributed by atoms with van der Waals surface area (Å²) in [5, 5.41) is 3.04. The summed E-state index contributed by atoms with van der Waals surface area (Å²) in [6, 6.07) is 18.9. The van der Waals surface area contributed by atoms with Crippen molar-refractivity contribution < 1.29 is 22.7 Å². The van der Waals surface area contributed by atoms with Gasteiger partial charge in [-0.3, -0.25) is 13.9 Å². The summed E-state index contributed by atoms with van der Waals surface area (Å²) in [6.07, 6.45) is 0. The second-order valence-corrected chi connectivity index (χ2v) is 10.8. The molecule has 37 heavy (non-hydrogen) atoms. The predicted octanol–water partition coefficient (Wildman–Crippen LogP) is 4.02. The van der Waals surface area contributed by atoms with E-state index in [1.165, 1.54) is 31.2 Å². The Labute approximate surface area is 222 Å². The smallest absolute Gasteiger partial charge is 0.264 e. The highest BCUT2D eigenvalue weighted by Crippen LogP contribution is 2.28. The molecule has 0 fully saturated rings. The van der Waals surface area contributed by atoms with Crippen molar-refractivity contribution in [1.82, 2.24) is 10.2 Å². The van der Waals surface area contributed by atoms with Crippen molar-refractivity contribution in [2.45, 2.75) is 31.3 Å². The number of aryl methyl sites for hydroxylation is 1. The van der Waals surface area contributed by atoms with Gasteiger partial charge in [-0.15, -0.1) is 0 Å². The van der Waals surface area contributed by atoms with Crippen LogP contribution in [0.15, 0.2) is 77.7 Å². The van der Waals surface area contributed by atoms with Gasteiger partial charge in [0.2, 0.25) is 11.8 Å². The number of nitrogens with one attached hydrogen (secondary N) is 1. The second kappa shape index (κ2) is 12.1. The average molecular weight is 544 g/mol. The lowest BCUT2D eigenvalue weighted by molar-refractivity contribution is -0.139. The van der Waals surface area contributed by atoms with Crippen LogP contribution in [0.4, 0.5) is 5.69 Å². The number of ether oxygens (including phenoxy) is 1. The van der Waals surface area contributed by atoms with E-state index in [2.05, 4.69) is 5.32 Å². The van der Waals surface area contributed by atoms with Gasteiger partial charge < -0.3 is 15.0 Å². The Kier molecular flexibility index (Phi) is 9.18. The average Bonchev–Trinajstić information content (AvgIpc) is 2.89. The molecule has 3 aromatic carbocycles. The molecular formula is C27H30ClN3O5S. The summed E-state index contributed by atoms with van der Waals surface area (Å²) in [5.41, 5.74) is 1.85. The lowest BCUT2D eigenvalue weighted by Gasteiger charge is -2.32. The van der Waals surface area contributed by atoms with Gasteiger partial charge in [0.05, 0.1) is 17.7 Å². The number of halogens is 1. The third kappa shape index (κ3) is 6.81. The van der Waals surface area contributed by atoms with Crippen molar-refractivity contribution in [3.05, 3.63) is 88.9 Å². The maximum absolute atomic E-state index is 13.8. The fourth-order valence-electron chi connectivity index (χ4n) is 3.76. The van der Waals surface area contributed by atoms with Gasteiger partial charge in [0, 0.05) is 24.7 Å². The number of rotatable bonds is 10. The van der Waals surface area contributed by atoms with E-state index in [1.807, 2.05) is 6.92 Å². The number of hydrogen-bond acceptors (Lipinski definition) is 5. The molecule has 3 rings (SSSR count). The van der Waals surface area contributed by atoms with Gasteiger partial charge in [0.15, 0.2) is 0 Å². The maximum atomic E-state index is 13.8. The number of carbonyl (C=O) groups is 2. The topological polar surface area (TPSA) is 96.0 Å². The molecule has 8 nitrogen and oxygen atoms in total. The molecule has 10 heteroatoms. The lowest BCUT2D eigenvalue weighted by atomic mass is 10.1. The first-order chi connectivity index (χ1) is 17.6. The summed E-state index contributed by atoms with van der Waals surface area (Å²) < 4.78 is 33.9. The molecule has 0 aliphatic rings. The SMILES string of the molecule is CNC(=O)C(C)N(Cc1cccc(Cl)c1)C(=O)CN(c1cccc(OC)c1)S(=O)(=O)c1ccc(C)cc1. The van der Waals surface area contributed by atoms with Gasteiger partial charge >= 0.3 is 0 Å². The number of nitrogens with zero attached hydrogens (tertiary/aromatic N) is 2. The molecule has 0 saturated heterocycles. The minimum Gasteiger partial charge on any atom is -0.497 e. The summed E-state index contributed by atoms with van der Waals surface area (Å²) in [7, 11) is -1.20. The van der Waals surface area contributed by atoms with Crippen LogP contribution in [0.25, 0.3) is 0 Å². The standard InChI is InChI=1S/C27H30ClN3O5S/c1-19-11-13-25(14-12-19)37(34,35)31(23-9-6-10-24(16-23)36-4)18-26(32)30(20(2)27(33)29-3)17-21-7-5-8-22(28)15-21/h5-16,20H,17-18H2,1-4H3,(H,29,33). The van der Waals surface area contributed by atoms with Crippen LogP contribution in [-0.4, -0.2) is 51.9 Å². The molecule has 0 saturated carbocycles. The van der Waals surface area contributed by atoms with Crippen molar-refractivity contribution >= 4 is 39.1 Å². The molecule has 1 atom stereocenters. The van der Waals surface area contributed by atoms with E-state index in [-0.39, 0.29) is 23.0 Å². The van der Waals surface area contributed by atoms with E-state index < -0.39 is 28.5 Å². The van der Waals surface area contributed by atoms with Crippen molar-refractivity contribution in [2.75, 3.05) is 25.0 Å². The van der Waals surface area contributed by atoms with Gasteiger partial charge in [-0.05, 0) is 55.8 Å². The zero-order valence-corrected chi connectivity index (χ0v) is 22.7. The molecule has 0 radical (unpaired) electrons. The predicted molar refractivity (Wildman–Crippen MR) is 144 cm³/mol. The van der Waals surface area contributed by atoms with Crippen LogP contribution in [0, 0.1) is 6.92 Å². The van der Waals surface area contributed by atoms with E-state index in [1.54, 1.807) is 67.6 Å². The second-order valence-electron chi connectivity index (χ2n) is 8.47. The Morgan fingerprint density at radius 2 is 1.70 bits per heavy atom. The summed E-state index contributed by atoms with van der Waals surface area (Å²) in [6.45, 7) is 2.97. The zero-order valence-electron chi connectivity index (χ0n) is 21.1. The quantitative estimate of drug-likeness (QED) is 0.417. The molecule has 0 heterocycles. The Bertz CT molecular complexity index is 1360. The highest BCUT2D eigenvalue weighted by atomic mass is 35.5. The third-order valence-corrected chi connectivity index (χ3v) is 7.91. The number of benzene rings is 3. The van der Waals surface area contributed by atoms with Crippen LogP contribution < -0.4 is 14.4 Å². The van der Waals surface area contributed by atoms with Gasteiger partial charge in [0.1, 0.15) is 18.3 Å². The van der Waals surface area contributed by atoms with E-state index in [0.29, 0.717) is 16.3 Å². The Balaban J connectivity index is 2.05. The first-order valence-electron chi connectivity index (χ1n) is 11.6. The summed E-state index contributed by atoms with van der Waals surface area (Å²) in [4.78, 5) is 27.6. The minimum absolute atomic E-state index is 0.0365. The van der Waals surface area contributed by atoms with Gasteiger partial charge in [-0.1, -0.05) is 47.5 Å². The first kappa shape index (κ1) is 28.0. The number of hydrogen-bond donors (Lipinski definition) is 1. The number of carbonyl (C=O) groups excluding carboxylic acids is 2. The van der Waals surface area contributed by atoms with Crippen molar-refractivity contribution in [3.8, 4) is 5.75 Å². The van der Waals surface area contributed by atoms with Crippen LogP contribution in [0.2, 0.25) is 5.02 Å². The van der Waals surface area contributed by atoms with Gasteiger partial charge in [0.25, 0.3) is 10.0 Å². The van der Waals surface area contributed by atoms with E-state index in [9.17, 15) is 18.0 Å². The summed E-state index contributed by atoms with van der Waals surface area (Å²) in [5.74, 6) is -0.511. The lowest BCUT2D eigenvalue weighted by Crippen LogP contribution is -2.50. The monoisotopic (exact) mass is 543 g/mol. The normalized spacial score (nSPS) is 11.9. The molecular weight excluding hydrogens is 514 g/mol. The first-order valence-corrected chi connectivity index (χ1v) is 13.4. The Hall–Kier alpha value is -3.56. The van der Waals surface area contributed by atoms with Gasteiger partial charge in [-0.2, -0.15) is 0 Å². The van der Waals surface area contributed by atoms with Crippen LogP contribution in [0.3, 0.4) is 0 Å². The van der Waals surface area contributed by atoms with Crippen LogP contribution >= 0.6 is 11.6 Å². The largest absolute Gasteiger partial charge is 0.497 e. The fraction of sp³-hybridized carbons (Fsp3) is 0.259. The molecule has 0 aliphatic heterocycles. The third-order valence-electron chi connectivity index (χ3n) is 5.88. The van der Waals surface area contributed by atoms with Crippen molar-refractivity contribution in [1.29, 1.82) is 0 Å². The van der Waals surface area contributed by atoms with E-state index in [0.717, 1.165) is 9.87 Å². The highest BCUT2D eigenvalue weighted by Gasteiger charge is 2.32. The van der Waals surface area contributed by atoms with Gasteiger partial charge in [-0.25, -0.2) is 8.42 Å². The Morgan fingerprint density at radius 1 is 1.03 bits per heavy atom. The molecule has 0 bridgehead atoms. The van der Waals surface area contributed by atoms with Crippen molar-refractivity contribution in [3.63, 3.8) is 0 Å². The molecule has 0 spiro atoms. The van der Waals surface area contributed by atoms with E-state index in [4.69, 9.17) is 16.3 Å². The molecule has 2 amide bonds. The van der Waals surface area contributed by atoms with Crippen LogP contribution in [-0.2, 0) is 26.2 Å². The fourth-order valence-corrected chi connectivity index (χ4v) is 5.37. The summed E-state index contributed by atoms with van der Waals surface area (Å²) >= 11 is 6.13. The van der Waals surface area contributed by atoms with E-state index >= 15 is 0 Å². The molecule has 1 unspecified atom stereocenters. The molecule has 0 aliphatic carbocycles. The number of likely N-dealkylation sites (N-methyl/N-ethyl adjacent to an activating group) is 1. The van der Waals surface area contributed by atoms with Crippen LogP contribution in [0.1, 0.15) is 18.1 Å². The molecule has 196 valence electrons. The Morgan fingerprint density at radius 3 is 2.32 bits per heavy atom.